The van der Waals surface area contributed by atoms with Gasteiger partial charge in [0.05, 0.1) is 17.3 Å². The van der Waals surface area contributed by atoms with Gasteiger partial charge in [0.2, 0.25) is 0 Å². The number of nitrogens with one attached hydrogen (secondary N) is 1. The summed E-state index contributed by atoms with van der Waals surface area (Å²) in [6.45, 7) is 0. The fourth-order valence-electron chi connectivity index (χ4n) is 3.73. The number of hydrogen-bond acceptors (Lipinski definition) is 3. The van der Waals surface area contributed by atoms with Gasteiger partial charge in [-0.25, -0.2) is 4.98 Å². The van der Waals surface area contributed by atoms with E-state index in [1.807, 2.05) is 71.4 Å². The van der Waals surface area contributed by atoms with Gasteiger partial charge in [0.1, 0.15) is 17.9 Å². The Morgan fingerprint density at radius 1 is 0.833 bits per heavy atom. The van der Waals surface area contributed by atoms with Gasteiger partial charge in [0.15, 0.2) is 0 Å². The van der Waals surface area contributed by atoms with E-state index < -0.39 is 0 Å². The number of hydrogen-bond donors (Lipinski definition) is 2. The van der Waals surface area contributed by atoms with Crippen LogP contribution in [0.2, 0.25) is 0 Å². The molecule has 0 spiro atoms. The van der Waals surface area contributed by atoms with Crippen LogP contribution < -0.4 is 0 Å². The van der Waals surface area contributed by atoms with E-state index in [0.717, 1.165) is 34.0 Å². The smallest absolute Gasteiger partial charge is 0.124 e. The molecule has 3 aromatic heterocycles. The summed E-state index contributed by atoms with van der Waals surface area (Å²) in [5, 5.41) is 10.3. The van der Waals surface area contributed by atoms with Crippen LogP contribution >= 0.6 is 0 Å². The van der Waals surface area contributed by atoms with Crippen molar-refractivity contribution in [3.8, 4) is 22.8 Å². The molecule has 0 fully saturated rings. The molecule has 5 rings (SSSR count). The molecule has 0 amide bonds. The standard InChI is InChI=1S/C25H20N4O/c30-23-12-5-4-9-19(23)20-10-6-11-21(27-20)25(18-7-2-1-3-8-18)22-13-14-24(28-22)29-16-15-26-17-29/h1-17,25,28,30H. The van der Waals surface area contributed by atoms with Gasteiger partial charge in [0.25, 0.3) is 0 Å². The molecule has 5 aromatic rings. The minimum Gasteiger partial charge on any atom is -0.507 e. The van der Waals surface area contributed by atoms with Gasteiger partial charge in [-0.2, -0.15) is 0 Å². The molecule has 0 aliphatic carbocycles. The number of rotatable bonds is 5. The van der Waals surface area contributed by atoms with Crippen molar-refractivity contribution in [3.63, 3.8) is 0 Å². The van der Waals surface area contributed by atoms with Gasteiger partial charge in [-0.3, -0.25) is 9.55 Å². The monoisotopic (exact) mass is 392 g/mol. The van der Waals surface area contributed by atoms with E-state index in [2.05, 4.69) is 28.2 Å². The zero-order valence-electron chi connectivity index (χ0n) is 16.2. The van der Waals surface area contributed by atoms with Crippen molar-refractivity contribution in [2.75, 3.05) is 0 Å². The first-order valence-corrected chi connectivity index (χ1v) is 9.77. The number of phenolic OH excluding ortho intramolecular Hbond substituents is 1. The molecule has 30 heavy (non-hydrogen) atoms. The minimum absolute atomic E-state index is 0.0747. The summed E-state index contributed by atoms with van der Waals surface area (Å²) in [6, 6.07) is 27.6. The summed E-state index contributed by atoms with van der Waals surface area (Å²) in [5.41, 5.74) is 4.54. The lowest BCUT2D eigenvalue weighted by atomic mass is 9.91. The molecule has 5 heteroatoms. The van der Waals surface area contributed by atoms with Crippen LogP contribution in [0.5, 0.6) is 5.75 Å². The molecule has 2 N–H and O–H groups in total. The number of para-hydroxylation sites is 1. The van der Waals surface area contributed by atoms with Crippen LogP contribution in [0.3, 0.4) is 0 Å². The molecule has 0 aliphatic rings. The molecule has 5 nitrogen and oxygen atoms in total. The normalized spacial score (nSPS) is 12.0. The Balaban J connectivity index is 1.62. The van der Waals surface area contributed by atoms with E-state index in [1.165, 1.54) is 0 Å². The van der Waals surface area contributed by atoms with E-state index in [9.17, 15) is 5.11 Å². The molecule has 0 bridgehead atoms. The van der Waals surface area contributed by atoms with Crippen molar-refractivity contribution in [1.29, 1.82) is 0 Å². The fourth-order valence-corrected chi connectivity index (χ4v) is 3.73. The van der Waals surface area contributed by atoms with Crippen molar-refractivity contribution in [2.24, 2.45) is 0 Å². The molecule has 2 aromatic carbocycles. The first kappa shape index (κ1) is 17.9. The number of nitrogens with zero attached hydrogens (tertiary/aromatic N) is 3. The first-order valence-electron chi connectivity index (χ1n) is 9.77. The number of H-pyrrole nitrogens is 1. The van der Waals surface area contributed by atoms with Crippen LogP contribution in [-0.4, -0.2) is 24.6 Å². The van der Waals surface area contributed by atoms with Crippen LogP contribution in [0.25, 0.3) is 17.1 Å². The van der Waals surface area contributed by atoms with E-state index in [1.54, 1.807) is 18.6 Å². The third kappa shape index (κ3) is 3.37. The molecule has 0 radical (unpaired) electrons. The quantitative estimate of drug-likeness (QED) is 0.435. The predicted molar refractivity (Wildman–Crippen MR) is 117 cm³/mol. The SMILES string of the molecule is Oc1ccccc1-c1cccc(C(c2ccccc2)c2ccc(-n3ccnc3)[nH]2)n1. The molecule has 0 aliphatic heterocycles. The summed E-state index contributed by atoms with van der Waals surface area (Å²) in [5.74, 6) is 1.09. The minimum atomic E-state index is -0.0747. The Hall–Kier alpha value is -4.12. The number of pyridine rings is 1. The number of aromatic hydroxyl groups is 1. The summed E-state index contributed by atoms with van der Waals surface area (Å²) >= 11 is 0. The Kier molecular flexibility index (Phi) is 4.62. The second-order valence-electron chi connectivity index (χ2n) is 7.08. The average Bonchev–Trinajstić information content (AvgIpc) is 3.48. The van der Waals surface area contributed by atoms with E-state index in [-0.39, 0.29) is 11.7 Å². The van der Waals surface area contributed by atoms with Gasteiger partial charge >= 0.3 is 0 Å². The van der Waals surface area contributed by atoms with Crippen molar-refractivity contribution >= 4 is 0 Å². The van der Waals surface area contributed by atoms with Crippen LogP contribution in [0, 0.1) is 0 Å². The highest BCUT2D eigenvalue weighted by molar-refractivity contribution is 5.66. The van der Waals surface area contributed by atoms with Crippen LogP contribution in [-0.2, 0) is 0 Å². The van der Waals surface area contributed by atoms with E-state index in [0.29, 0.717) is 0 Å². The number of aromatic nitrogens is 4. The van der Waals surface area contributed by atoms with Crippen molar-refractivity contribution in [1.82, 2.24) is 19.5 Å². The summed E-state index contributed by atoms with van der Waals surface area (Å²) in [7, 11) is 0. The second kappa shape index (κ2) is 7.72. The molecule has 0 saturated heterocycles. The lowest BCUT2D eigenvalue weighted by Crippen LogP contribution is -2.07. The second-order valence-corrected chi connectivity index (χ2v) is 7.08. The highest BCUT2D eigenvalue weighted by Gasteiger charge is 2.21. The van der Waals surface area contributed by atoms with Gasteiger partial charge in [-0.15, -0.1) is 0 Å². The molecule has 146 valence electrons. The van der Waals surface area contributed by atoms with E-state index in [4.69, 9.17) is 4.98 Å². The van der Waals surface area contributed by atoms with Crippen molar-refractivity contribution in [2.45, 2.75) is 5.92 Å². The van der Waals surface area contributed by atoms with Crippen LogP contribution in [0.4, 0.5) is 0 Å². The third-order valence-corrected chi connectivity index (χ3v) is 5.17. The van der Waals surface area contributed by atoms with Gasteiger partial charge < -0.3 is 10.1 Å². The van der Waals surface area contributed by atoms with Crippen LogP contribution in [0.15, 0.2) is 104 Å². The number of phenols is 1. The summed E-state index contributed by atoms with van der Waals surface area (Å²) < 4.78 is 1.94. The molecule has 3 heterocycles. The van der Waals surface area contributed by atoms with E-state index >= 15 is 0 Å². The Bertz CT molecular complexity index is 1260. The lowest BCUT2D eigenvalue weighted by molar-refractivity contribution is 0.477. The van der Waals surface area contributed by atoms with Crippen molar-refractivity contribution < 1.29 is 5.11 Å². The number of aromatic amines is 1. The zero-order valence-corrected chi connectivity index (χ0v) is 16.2. The Morgan fingerprint density at radius 3 is 2.47 bits per heavy atom. The Labute approximate surface area is 174 Å². The molecular formula is C25H20N4O. The lowest BCUT2D eigenvalue weighted by Gasteiger charge is -2.17. The predicted octanol–water partition coefficient (Wildman–Crippen LogP) is 5.15. The van der Waals surface area contributed by atoms with Crippen molar-refractivity contribution in [3.05, 3.63) is 121 Å². The summed E-state index contributed by atoms with van der Waals surface area (Å²) in [6.07, 6.45) is 5.43. The largest absolute Gasteiger partial charge is 0.507 e. The van der Waals surface area contributed by atoms with Crippen LogP contribution in [0.1, 0.15) is 22.9 Å². The highest BCUT2D eigenvalue weighted by Crippen LogP contribution is 2.33. The third-order valence-electron chi connectivity index (χ3n) is 5.17. The maximum absolute atomic E-state index is 10.3. The average molecular weight is 392 g/mol. The maximum Gasteiger partial charge on any atom is 0.124 e. The van der Waals surface area contributed by atoms with Gasteiger partial charge in [0, 0.05) is 23.7 Å². The fraction of sp³-hybridized carbons (Fsp3) is 0.0400. The highest BCUT2D eigenvalue weighted by atomic mass is 16.3. The zero-order chi connectivity index (χ0) is 20.3. The maximum atomic E-state index is 10.3. The molecule has 1 unspecified atom stereocenters. The number of imidazole rings is 1. The van der Waals surface area contributed by atoms with Gasteiger partial charge in [-0.1, -0.05) is 48.5 Å². The molecule has 0 saturated carbocycles. The Morgan fingerprint density at radius 2 is 1.67 bits per heavy atom. The topological polar surface area (TPSA) is 66.7 Å². The van der Waals surface area contributed by atoms with Gasteiger partial charge in [-0.05, 0) is 42.0 Å². The molecular weight excluding hydrogens is 372 g/mol. The summed E-state index contributed by atoms with van der Waals surface area (Å²) in [4.78, 5) is 12.6. The first-order chi connectivity index (χ1) is 14.8. The number of benzene rings is 2. The molecule has 1 atom stereocenters.